The standard InChI is InChI=1S/C13H17F3N2O2/c1-4-18(8-12(2,3)20)11(19)9-5-6-10(17-7-9)13(14,15)16/h5-7,20H,4,8H2,1-3H3. The Morgan fingerprint density at radius 1 is 1.35 bits per heavy atom. The lowest BCUT2D eigenvalue weighted by molar-refractivity contribution is -0.141. The van der Waals surface area contributed by atoms with Crippen LogP contribution in [0.15, 0.2) is 18.3 Å². The topological polar surface area (TPSA) is 53.4 Å². The summed E-state index contributed by atoms with van der Waals surface area (Å²) in [5, 5.41) is 9.71. The van der Waals surface area contributed by atoms with Crippen molar-refractivity contribution < 1.29 is 23.1 Å². The van der Waals surface area contributed by atoms with Gasteiger partial charge in [-0.2, -0.15) is 13.2 Å². The normalized spacial score (nSPS) is 12.3. The maximum atomic E-state index is 12.4. The fourth-order valence-corrected chi connectivity index (χ4v) is 1.66. The van der Waals surface area contributed by atoms with E-state index in [1.54, 1.807) is 20.8 Å². The largest absolute Gasteiger partial charge is 0.433 e. The predicted octanol–water partition coefficient (Wildman–Crippen LogP) is 2.33. The summed E-state index contributed by atoms with van der Waals surface area (Å²) in [7, 11) is 0. The van der Waals surface area contributed by atoms with E-state index in [0.717, 1.165) is 18.3 Å². The number of nitrogens with zero attached hydrogens (tertiary/aromatic N) is 2. The number of hydrogen-bond donors (Lipinski definition) is 1. The highest BCUT2D eigenvalue weighted by atomic mass is 19.4. The first-order valence-electron chi connectivity index (χ1n) is 6.09. The van der Waals surface area contributed by atoms with Gasteiger partial charge < -0.3 is 10.0 Å². The Balaban J connectivity index is 2.91. The summed E-state index contributed by atoms with van der Waals surface area (Å²) < 4.78 is 37.1. The summed E-state index contributed by atoms with van der Waals surface area (Å²) in [4.78, 5) is 16.7. The Labute approximate surface area is 115 Å². The first-order chi connectivity index (χ1) is 9.04. The molecule has 1 N–H and O–H groups in total. The highest BCUT2D eigenvalue weighted by molar-refractivity contribution is 5.93. The molecule has 0 aromatic carbocycles. The quantitative estimate of drug-likeness (QED) is 0.926. The third-order valence-corrected chi connectivity index (χ3v) is 2.55. The van der Waals surface area contributed by atoms with Crippen molar-refractivity contribution in [1.29, 1.82) is 0 Å². The van der Waals surface area contributed by atoms with Crippen LogP contribution in [0.5, 0.6) is 0 Å². The number of carbonyl (C=O) groups excluding carboxylic acids is 1. The Bertz CT molecular complexity index is 464. The monoisotopic (exact) mass is 290 g/mol. The van der Waals surface area contributed by atoms with Gasteiger partial charge in [0.25, 0.3) is 5.91 Å². The van der Waals surface area contributed by atoms with Crippen LogP contribution in [0.4, 0.5) is 13.2 Å². The molecule has 0 bridgehead atoms. The van der Waals surface area contributed by atoms with Crippen LogP contribution in [0.2, 0.25) is 0 Å². The van der Waals surface area contributed by atoms with Gasteiger partial charge in [-0.05, 0) is 32.9 Å². The van der Waals surface area contributed by atoms with E-state index in [2.05, 4.69) is 4.98 Å². The van der Waals surface area contributed by atoms with Gasteiger partial charge in [0.2, 0.25) is 0 Å². The Kier molecular flexibility index (Phi) is 4.75. The van der Waals surface area contributed by atoms with Crippen LogP contribution < -0.4 is 0 Å². The molecule has 1 rings (SSSR count). The van der Waals surface area contributed by atoms with Crippen molar-refractivity contribution in [3.63, 3.8) is 0 Å². The molecule has 112 valence electrons. The summed E-state index contributed by atoms with van der Waals surface area (Å²) >= 11 is 0. The number of pyridine rings is 1. The molecule has 0 saturated carbocycles. The second kappa shape index (κ2) is 5.78. The van der Waals surface area contributed by atoms with Gasteiger partial charge in [0.1, 0.15) is 5.69 Å². The summed E-state index contributed by atoms with van der Waals surface area (Å²) in [6, 6.07) is 1.86. The second-order valence-corrected chi connectivity index (χ2v) is 5.06. The molecule has 0 fully saturated rings. The maximum absolute atomic E-state index is 12.4. The van der Waals surface area contributed by atoms with Gasteiger partial charge in [0.05, 0.1) is 11.2 Å². The van der Waals surface area contributed by atoms with E-state index in [1.165, 1.54) is 4.90 Å². The molecule has 0 saturated heterocycles. The Morgan fingerprint density at radius 2 is 1.95 bits per heavy atom. The SMILES string of the molecule is CCN(CC(C)(C)O)C(=O)c1ccc(C(F)(F)F)nc1. The summed E-state index contributed by atoms with van der Waals surface area (Å²) in [6.45, 7) is 5.25. The number of halogens is 3. The van der Waals surface area contributed by atoms with Crippen LogP contribution in [-0.4, -0.2) is 39.6 Å². The third-order valence-electron chi connectivity index (χ3n) is 2.55. The van der Waals surface area contributed by atoms with E-state index < -0.39 is 23.4 Å². The van der Waals surface area contributed by atoms with Crippen molar-refractivity contribution in [2.75, 3.05) is 13.1 Å². The molecule has 0 aliphatic rings. The van der Waals surface area contributed by atoms with E-state index in [1.807, 2.05) is 0 Å². The van der Waals surface area contributed by atoms with Gasteiger partial charge in [-0.1, -0.05) is 0 Å². The molecular weight excluding hydrogens is 273 g/mol. The van der Waals surface area contributed by atoms with E-state index in [4.69, 9.17) is 0 Å². The van der Waals surface area contributed by atoms with Crippen LogP contribution in [0.3, 0.4) is 0 Å². The molecule has 20 heavy (non-hydrogen) atoms. The molecule has 0 spiro atoms. The first kappa shape index (κ1) is 16.4. The fraction of sp³-hybridized carbons (Fsp3) is 0.538. The number of carbonyl (C=O) groups is 1. The van der Waals surface area contributed by atoms with Gasteiger partial charge in [-0.25, -0.2) is 0 Å². The smallest absolute Gasteiger partial charge is 0.389 e. The zero-order chi connectivity index (χ0) is 15.6. The van der Waals surface area contributed by atoms with Crippen molar-refractivity contribution in [2.24, 2.45) is 0 Å². The van der Waals surface area contributed by atoms with Crippen molar-refractivity contribution >= 4 is 5.91 Å². The lowest BCUT2D eigenvalue weighted by Gasteiger charge is -2.28. The molecule has 0 aliphatic heterocycles. The van der Waals surface area contributed by atoms with Crippen LogP contribution in [0, 0.1) is 0 Å². The van der Waals surface area contributed by atoms with Crippen molar-refractivity contribution in [3.05, 3.63) is 29.6 Å². The molecule has 0 atom stereocenters. The number of aliphatic hydroxyl groups is 1. The molecule has 1 heterocycles. The molecule has 1 aromatic rings. The molecule has 1 aromatic heterocycles. The second-order valence-electron chi connectivity index (χ2n) is 5.06. The summed E-state index contributed by atoms with van der Waals surface area (Å²) in [5.74, 6) is -0.462. The molecule has 4 nitrogen and oxygen atoms in total. The van der Waals surface area contributed by atoms with Gasteiger partial charge in [-0.3, -0.25) is 9.78 Å². The maximum Gasteiger partial charge on any atom is 0.433 e. The lowest BCUT2D eigenvalue weighted by atomic mass is 10.1. The number of alkyl halides is 3. The molecule has 0 aliphatic carbocycles. The van der Waals surface area contributed by atoms with Gasteiger partial charge in [0, 0.05) is 19.3 Å². The van der Waals surface area contributed by atoms with Crippen LogP contribution in [0.25, 0.3) is 0 Å². The number of hydrogen-bond acceptors (Lipinski definition) is 3. The number of rotatable bonds is 4. The molecule has 7 heteroatoms. The van der Waals surface area contributed by atoms with Gasteiger partial charge in [-0.15, -0.1) is 0 Å². The predicted molar refractivity (Wildman–Crippen MR) is 67.1 cm³/mol. The molecule has 1 amide bonds. The van der Waals surface area contributed by atoms with Crippen LogP contribution in [-0.2, 0) is 6.18 Å². The minimum absolute atomic E-state index is 0.0594. The summed E-state index contributed by atoms with van der Waals surface area (Å²) in [6.07, 6.45) is -3.63. The summed E-state index contributed by atoms with van der Waals surface area (Å²) in [5.41, 5.74) is -2.06. The highest BCUT2D eigenvalue weighted by Crippen LogP contribution is 2.27. The minimum atomic E-state index is -4.53. The average molecular weight is 290 g/mol. The minimum Gasteiger partial charge on any atom is -0.389 e. The van der Waals surface area contributed by atoms with Gasteiger partial charge in [0.15, 0.2) is 0 Å². The first-order valence-corrected chi connectivity index (χ1v) is 6.09. The van der Waals surface area contributed by atoms with E-state index >= 15 is 0 Å². The zero-order valence-corrected chi connectivity index (χ0v) is 11.5. The highest BCUT2D eigenvalue weighted by Gasteiger charge is 2.32. The fourth-order valence-electron chi connectivity index (χ4n) is 1.66. The number of amides is 1. The zero-order valence-electron chi connectivity index (χ0n) is 11.5. The van der Waals surface area contributed by atoms with E-state index in [0.29, 0.717) is 6.54 Å². The van der Waals surface area contributed by atoms with Crippen molar-refractivity contribution in [1.82, 2.24) is 9.88 Å². The van der Waals surface area contributed by atoms with Crippen LogP contribution >= 0.6 is 0 Å². The Hall–Kier alpha value is -1.63. The van der Waals surface area contributed by atoms with Crippen LogP contribution in [0.1, 0.15) is 36.8 Å². The number of aromatic nitrogens is 1. The van der Waals surface area contributed by atoms with Crippen molar-refractivity contribution in [2.45, 2.75) is 32.5 Å². The van der Waals surface area contributed by atoms with E-state index in [-0.39, 0.29) is 12.1 Å². The number of likely N-dealkylation sites (N-methyl/N-ethyl adjacent to an activating group) is 1. The van der Waals surface area contributed by atoms with E-state index in [9.17, 15) is 23.1 Å². The average Bonchev–Trinajstić information content (AvgIpc) is 2.33. The molecule has 0 unspecified atom stereocenters. The van der Waals surface area contributed by atoms with Crippen molar-refractivity contribution in [3.8, 4) is 0 Å². The lowest BCUT2D eigenvalue weighted by Crippen LogP contribution is -2.42. The Morgan fingerprint density at radius 3 is 2.30 bits per heavy atom. The molecular formula is C13H17F3N2O2. The molecule has 0 radical (unpaired) electrons. The third kappa shape index (κ3) is 4.48. The van der Waals surface area contributed by atoms with Gasteiger partial charge >= 0.3 is 6.18 Å².